The van der Waals surface area contributed by atoms with Gasteiger partial charge in [0.2, 0.25) is 0 Å². The molecule has 96 valence electrons. The molecule has 1 nitrogen and oxygen atoms in total. The van der Waals surface area contributed by atoms with E-state index in [1.165, 1.54) is 22.3 Å². The van der Waals surface area contributed by atoms with Crippen molar-refractivity contribution in [3.63, 3.8) is 0 Å². The Morgan fingerprint density at radius 1 is 0.947 bits per heavy atom. The quantitative estimate of drug-likeness (QED) is 0.673. The number of carbonyl (C=O) groups excluding carboxylic acids is 1. The zero-order valence-corrected chi connectivity index (χ0v) is 11.5. The summed E-state index contributed by atoms with van der Waals surface area (Å²) < 4.78 is 0. The highest BCUT2D eigenvalue weighted by atomic mass is 16.1. The summed E-state index contributed by atoms with van der Waals surface area (Å²) in [5.41, 5.74) is 6.79. The van der Waals surface area contributed by atoms with Gasteiger partial charge in [-0.3, -0.25) is 4.79 Å². The minimum absolute atomic E-state index is 0.212. The van der Waals surface area contributed by atoms with Crippen molar-refractivity contribution < 1.29 is 4.79 Å². The van der Waals surface area contributed by atoms with Crippen LogP contribution in [-0.2, 0) is 19.3 Å². The molecule has 0 aliphatic heterocycles. The number of aryl methyl sites for hydroxylation is 2. The van der Waals surface area contributed by atoms with Gasteiger partial charge in [0.15, 0.2) is 5.78 Å². The van der Waals surface area contributed by atoms with Crippen LogP contribution in [0.25, 0.3) is 0 Å². The van der Waals surface area contributed by atoms with E-state index in [4.69, 9.17) is 0 Å². The van der Waals surface area contributed by atoms with E-state index in [0.29, 0.717) is 0 Å². The van der Waals surface area contributed by atoms with Crippen molar-refractivity contribution in [3.8, 4) is 0 Å². The second-order valence-corrected chi connectivity index (χ2v) is 5.11. The normalized spacial score (nSPS) is 13.1. The monoisotopic (exact) mass is 250 g/mol. The SMILES string of the molecule is CCc1ccc(CC)c2c1Cc1ccccc1C2=O. The zero-order valence-electron chi connectivity index (χ0n) is 11.5. The first-order chi connectivity index (χ1) is 9.26. The van der Waals surface area contributed by atoms with Crippen LogP contribution in [0.3, 0.4) is 0 Å². The summed E-state index contributed by atoms with van der Waals surface area (Å²) in [6.07, 6.45) is 2.80. The molecular weight excluding hydrogens is 232 g/mol. The van der Waals surface area contributed by atoms with Crippen LogP contribution in [-0.4, -0.2) is 5.78 Å². The lowest BCUT2D eigenvalue weighted by Crippen LogP contribution is -2.19. The van der Waals surface area contributed by atoms with Crippen LogP contribution in [0.15, 0.2) is 36.4 Å². The van der Waals surface area contributed by atoms with E-state index in [1.807, 2.05) is 18.2 Å². The average molecular weight is 250 g/mol. The lowest BCUT2D eigenvalue weighted by molar-refractivity contribution is 0.103. The molecule has 1 aliphatic rings. The van der Waals surface area contributed by atoms with Gasteiger partial charge in [-0.2, -0.15) is 0 Å². The third-order valence-electron chi connectivity index (χ3n) is 4.11. The number of carbonyl (C=O) groups is 1. The minimum atomic E-state index is 0.212. The lowest BCUT2D eigenvalue weighted by Gasteiger charge is -2.23. The zero-order chi connectivity index (χ0) is 13.4. The van der Waals surface area contributed by atoms with Gasteiger partial charge in [0, 0.05) is 11.1 Å². The molecule has 0 saturated heterocycles. The molecule has 19 heavy (non-hydrogen) atoms. The topological polar surface area (TPSA) is 17.1 Å². The number of hydrogen-bond donors (Lipinski definition) is 0. The number of fused-ring (bicyclic) bond motifs is 2. The van der Waals surface area contributed by atoms with Gasteiger partial charge in [0.25, 0.3) is 0 Å². The smallest absolute Gasteiger partial charge is 0.193 e. The number of hydrogen-bond acceptors (Lipinski definition) is 1. The first-order valence-corrected chi connectivity index (χ1v) is 7.02. The predicted octanol–water partition coefficient (Wildman–Crippen LogP) is 3.95. The fraction of sp³-hybridized carbons (Fsp3) is 0.278. The van der Waals surface area contributed by atoms with Crippen LogP contribution >= 0.6 is 0 Å². The molecule has 0 fully saturated rings. The summed E-state index contributed by atoms with van der Waals surface area (Å²) in [5, 5.41) is 0. The third-order valence-corrected chi connectivity index (χ3v) is 4.11. The summed E-state index contributed by atoms with van der Waals surface area (Å²) >= 11 is 0. The van der Waals surface area contributed by atoms with Gasteiger partial charge in [-0.25, -0.2) is 0 Å². The van der Waals surface area contributed by atoms with Gasteiger partial charge in [-0.05, 0) is 41.5 Å². The van der Waals surface area contributed by atoms with Crippen LogP contribution in [0.5, 0.6) is 0 Å². The Balaban J connectivity index is 2.27. The highest BCUT2D eigenvalue weighted by Gasteiger charge is 2.26. The van der Waals surface area contributed by atoms with E-state index in [2.05, 4.69) is 32.0 Å². The van der Waals surface area contributed by atoms with Crippen LogP contribution in [0.4, 0.5) is 0 Å². The van der Waals surface area contributed by atoms with Gasteiger partial charge in [-0.1, -0.05) is 50.2 Å². The molecule has 0 saturated carbocycles. The molecule has 0 N–H and O–H groups in total. The largest absolute Gasteiger partial charge is 0.289 e. The Hall–Kier alpha value is -1.89. The van der Waals surface area contributed by atoms with E-state index in [9.17, 15) is 4.79 Å². The van der Waals surface area contributed by atoms with E-state index in [-0.39, 0.29) is 5.78 Å². The molecule has 0 spiro atoms. The van der Waals surface area contributed by atoms with Crippen LogP contribution in [0, 0.1) is 0 Å². The Morgan fingerprint density at radius 2 is 1.63 bits per heavy atom. The molecule has 0 radical (unpaired) electrons. The lowest BCUT2D eigenvalue weighted by atomic mass is 9.79. The van der Waals surface area contributed by atoms with Crippen molar-refractivity contribution in [2.75, 3.05) is 0 Å². The van der Waals surface area contributed by atoms with E-state index in [0.717, 1.165) is 30.4 Å². The van der Waals surface area contributed by atoms with Crippen molar-refractivity contribution in [1.82, 2.24) is 0 Å². The van der Waals surface area contributed by atoms with Gasteiger partial charge in [-0.15, -0.1) is 0 Å². The summed E-state index contributed by atoms with van der Waals surface area (Å²) in [4.78, 5) is 12.8. The first kappa shape index (κ1) is 12.2. The third kappa shape index (κ3) is 1.81. The first-order valence-electron chi connectivity index (χ1n) is 7.02. The van der Waals surface area contributed by atoms with Crippen LogP contribution in [0.2, 0.25) is 0 Å². The summed E-state index contributed by atoms with van der Waals surface area (Å²) in [6, 6.07) is 12.3. The molecular formula is C18H18O. The molecule has 0 heterocycles. The average Bonchev–Trinajstić information content (AvgIpc) is 2.46. The summed E-state index contributed by atoms with van der Waals surface area (Å²) in [7, 11) is 0. The van der Waals surface area contributed by atoms with Crippen molar-refractivity contribution in [2.45, 2.75) is 33.1 Å². The Labute approximate surface area is 114 Å². The highest BCUT2D eigenvalue weighted by Crippen LogP contribution is 2.32. The Morgan fingerprint density at radius 3 is 2.37 bits per heavy atom. The molecule has 0 aromatic heterocycles. The molecule has 0 bridgehead atoms. The molecule has 0 atom stereocenters. The van der Waals surface area contributed by atoms with Gasteiger partial charge >= 0.3 is 0 Å². The van der Waals surface area contributed by atoms with Gasteiger partial charge in [0.05, 0.1) is 0 Å². The molecule has 3 rings (SSSR count). The fourth-order valence-corrected chi connectivity index (χ4v) is 3.07. The molecule has 0 unspecified atom stereocenters. The van der Waals surface area contributed by atoms with Gasteiger partial charge in [0.1, 0.15) is 0 Å². The highest BCUT2D eigenvalue weighted by molar-refractivity contribution is 6.13. The van der Waals surface area contributed by atoms with Crippen molar-refractivity contribution in [1.29, 1.82) is 0 Å². The van der Waals surface area contributed by atoms with Crippen LogP contribution in [0.1, 0.15) is 52.0 Å². The maximum atomic E-state index is 12.8. The Bertz CT molecular complexity index is 653. The molecule has 1 aliphatic carbocycles. The number of benzene rings is 2. The molecule has 1 heteroatoms. The van der Waals surface area contributed by atoms with Crippen molar-refractivity contribution in [3.05, 3.63) is 69.8 Å². The molecule has 2 aromatic rings. The van der Waals surface area contributed by atoms with E-state index >= 15 is 0 Å². The summed E-state index contributed by atoms with van der Waals surface area (Å²) in [6.45, 7) is 4.28. The standard InChI is InChI=1S/C18H18O/c1-3-12-9-10-13(4-2)17-16(12)11-14-7-5-6-8-15(14)18(17)19/h5-10H,3-4,11H2,1-2H3. The summed E-state index contributed by atoms with van der Waals surface area (Å²) in [5.74, 6) is 0.212. The predicted molar refractivity (Wildman–Crippen MR) is 77.9 cm³/mol. The maximum absolute atomic E-state index is 12.8. The fourth-order valence-electron chi connectivity index (χ4n) is 3.07. The maximum Gasteiger partial charge on any atom is 0.193 e. The van der Waals surface area contributed by atoms with Crippen molar-refractivity contribution >= 4 is 5.78 Å². The van der Waals surface area contributed by atoms with E-state index < -0.39 is 0 Å². The number of ketones is 1. The Kier molecular flexibility index (Phi) is 2.98. The second-order valence-electron chi connectivity index (χ2n) is 5.11. The molecule has 2 aromatic carbocycles. The second kappa shape index (κ2) is 4.65. The van der Waals surface area contributed by atoms with Crippen LogP contribution < -0.4 is 0 Å². The molecule has 0 amide bonds. The van der Waals surface area contributed by atoms with Gasteiger partial charge < -0.3 is 0 Å². The minimum Gasteiger partial charge on any atom is -0.289 e. The number of rotatable bonds is 2. The van der Waals surface area contributed by atoms with Crippen molar-refractivity contribution in [2.24, 2.45) is 0 Å². The van der Waals surface area contributed by atoms with E-state index in [1.54, 1.807) is 0 Å².